The number of alkyl halides is 1. The van der Waals surface area contributed by atoms with Crippen LogP contribution in [0, 0.1) is 10.8 Å². The average Bonchev–Trinajstić information content (AvgIpc) is 2.09. The largest absolute Gasteiger partial charge is 0.459 e. The number of esters is 2. The molecule has 2 fully saturated rings. The second-order valence-corrected chi connectivity index (χ2v) is 24.7. The highest BCUT2D eigenvalue weighted by Crippen LogP contribution is 2.39. The van der Waals surface area contributed by atoms with Crippen LogP contribution in [0.2, 0.25) is 0 Å². The molecule has 0 aromatic heterocycles. The van der Waals surface area contributed by atoms with Gasteiger partial charge in [0.05, 0.1) is 34.7 Å². The lowest BCUT2D eigenvalue weighted by atomic mass is 9.83. The number of hydrogen-bond donors (Lipinski definition) is 4. The standard InChI is InChI=1S/C31H40N4O3.C27H31ClN2O3.C9H18N2O2.ClH/c1-22(2)38-30(37)27-20-35(21-31(4,5)23(3)28(27)33-26-12-7-6-8-13-26)29(36)25-11-9-10-24(18-25)19-34-16-14-32-15-17-34;1-18(2)33-26(32)23-16-30(25(31)21-11-9-10-20(14-21)15-28)17-27(4,5)19(3)24(23)29-22-12-7-6-8-13-22;1-9(2,3)13-8(12)11-6-4-10-5-7-11;/h6-13,18,20,22,32-33H,14-17,19,21H2,1-5H3;6-14,16,18,29H,15,17H2,1-5H3;10H,4-7H2,1-3H3;1H. The highest BCUT2D eigenvalue weighted by atomic mass is 35.5. The number of anilines is 2. The van der Waals surface area contributed by atoms with Gasteiger partial charge in [0.25, 0.3) is 11.8 Å². The van der Waals surface area contributed by atoms with E-state index in [0.717, 1.165) is 92.6 Å². The zero-order valence-corrected chi connectivity index (χ0v) is 53.6. The van der Waals surface area contributed by atoms with E-state index in [1.807, 2.05) is 139 Å². The van der Waals surface area contributed by atoms with Crippen LogP contribution in [0.4, 0.5) is 16.2 Å². The number of halogens is 2. The van der Waals surface area contributed by atoms with Gasteiger partial charge in [-0.05, 0) is 133 Å². The minimum absolute atomic E-state index is 0. The number of hydrogen-bond acceptors (Lipinski definition) is 13. The maximum Gasteiger partial charge on any atom is 0.410 e. The van der Waals surface area contributed by atoms with Crippen molar-refractivity contribution in [3.05, 3.63) is 178 Å². The maximum absolute atomic E-state index is 13.9. The topological polar surface area (TPSA) is 174 Å². The normalized spacial score (nSPS) is 17.1. The molecule has 0 aliphatic carbocycles. The molecule has 0 radical (unpaired) electrons. The molecule has 4 heterocycles. The van der Waals surface area contributed by atoms with Gasteiger partial charge >= 0.3 is 18.0 Å². The molecule has 0 saturated carbocycles. The van der Waals surface area contributed by atoms with Crippen LogP contribution in [0.5, 0.6) is 0 Å². The van der Waals surface area contributed by atoms with Crippen LogP contribution in [-0.2, 0) is 36.2 Å². The first-order chi connectivity index (χ1) is 39.7. The second kappa shape index (κ2) is 31.4. The van der Waals surface area contributed by atoms with Crippen LogP contribution in [0.15, 0.2) is 155 Å². The number of nitrogens with one attached hydrogen (secondary N) is 4. The number of amides is 3. The summed E-state index contributed by atoms with van der Waals surface area (Å²) in [7, 11) is 0. The number of carbonyl (C=O) groups excluding carboxylic acids is 5. The van der Waals surface area contributed by atoms with E-state index < -0.39 is 22.8 Å². The highest BCUT2D eigenvalue weighted by Gasteiger charge is 2.37. The number of ether oxygens (including phenoxy) is 3. The van der Waals surface area contributed by atoms with Crippen molar-refractivity contribution in [1.29, 1.82) is 0 Å². The molecule has 4 aliphatic heterocycles. The van der Waals surface area contributed by atoms with Crippen LogP contribution in [0.1, 0.15) is 122 Å². The number of nitrogens with zero attached hydrogens (tertiary/aromatic N) is 4. The third-order valence-electron chi connectivity index (χ3n) is 14.6. The molecular formula is C67H90Cl2N8O8. The Kier molecular flexibility index (Phi) is 25.5. The van der Waals surface area contributed by atoms with Crippen LogP contribution >= 0.6 is 24.0 Å². The van der Waals surface area contributed by atoms with Crippen molar-refractivity contribution in [3.63, 3.8) is 0 Å². The van der Waals surface area contributed by atoms with Crippen molar-refractivity contribution < 1.29 is 38.2 Å². The number of para-hydroxylation sites is 2. The van der Waals surface area contributed by atoms with Gasteiger partial charge in [0.2, 0.25) is 0 Å². The van der Waals surface area contributed by atoms with Crippen molar-refractivity contribution in [1.82, 2.24) is 30.2 Å². The predicted octanol–water partition coefficient (Wildman–Crippen LogP) is 12.2. The summed E-state index contributed by atoms with van der Waals surface area (Å²) >= 11 is 5.98. The summed E-state index contributed by atoms with van der Waals surface area (Å²) in [4.78, 5) is 72.9. The fourth-order valence-corrected chi connectivity index (χ4v) is 9.87. The first-order valence-corrected chi connectivity index (χ1v) is 29.7. The molecule has 460 valence electrons. The SMILES string of the molecule is CC(C)(C)OC(=O)N1CCNCC1.CC1=C(Nc2ccccc2)C(C(=O)OC(C)C)=CN(C(=O)c2cccc(CCl)c2)CC1(C)C.CC1=C(Nc2ccccc2)C(C(=O)OC(C)C)=CN(C(=O)c2cccc(CN3CCNCC3)c2)CC1(C)C.Cl. The van der Waals surface area contributed by atoms with E-state index in [4.69, 9.17) is 25.8 Å². The van der Waals surface area contributed by atoms with Crippen molar-refractivity contribution in [2.45, 2.75) is 120 Å². The van der Waals surface area contributed by atoms with Crippen molar-refractivity contribution in [2.24, 2.45) is 10.8 Å². The summed E-state index contributed by atoms with van der Waals surface area (Å²) in [6, 6.07) is 34.5. The van der Waals surface area contributed by atoms with Gasteiger partial charge in [-0.25, -0.2) is 14.4 Å². The van der Waals surface area contributed by atoms with E-state index in [1.165, 1.54) is 0 Å². The van der Waals surface area contributed by atoms with Crippen LogP contribution in [0.25, 0.3) is 0 Å². The van der Waals surface area contributed by atoms with E-state index >= 15 is 0 Å². The first kappa shape index (κ1) is 68.8. The van der Waals surface area contributed by atoms with Gasteiger partial charge in [-0.15, -0.1) is 24.0 Å². The van der Waals surface area contributed by atoms with Gasteiger partial charge in [-0.3, -0.25) is 14.5 Å². The molecule has 4 N–H and O–H groups in total. The van der Waals surface area contributed by atoms with Crippen molar-refractivity contribution in [3.8, 4) is 0 Å². The van der Waals surface area contributed by atoms with Gasteiger partial charge in [0.15, 0.2) is 0 Å². The Morgan fingerprint density at radius 2 is 0.988 bits per heavy atom. The molecule has 0 spiro atoms. The number of piperazine rings is 2. The minimum atomic E-state index is -0.479. The van der Waals surface area contributed by atoms with Crippen molar-refractivity contribution in [2.75, 3.05) is 76.1 Å². The van der Waals surface area contributed by atoms with E-state index in [0.29, 0.717) is 52.6 Å². The Morgan fingerprint density at radius 1 is 0.588 bits per heavy atom. The summed E-state index contributed by atoms with van der Waals surface area (Å²) in [5, 5.41) is 13.4. The van der Waals surface area contributed by atoms with Crippen LogP contribution in [0.3, 0.4) is 0 Å². The molecule has 0 bridgehead atoms. The summed E-state index contributed by atoms with van der Waals surface area (Å²) in [5.41, 5.74) is 7.55. The Hall–Kier alpha value is -6.95. The number of benzene rings is 4. The monoisotopic (exact) mass is 1200 g/mol. The number of rotatable bonds is 13. The molecule has 8 rings (SSSR count). The quantitative estimate of drug-likeness (QED) is 0.0566. The fraction of sp³-hybridized carbons (Fsp3) is 0.448. The van der Waals surface area contributed by atoms with Gasteiger partial charge in [-0.1, -0.05) is 88.4 Å². The molecule has 0 unspecified atom stereocenters. The molecule has 3 amide bonds. The molecule has 4 aliphatic rings. The zero-order valence-electron chi connectivity index (χ0n) is 52.0. The summed E-state index contributed by atoms with van der Waals surface area (Å²) < 4.78 is 16.4. The Labute approximate surface area is 515 Å². The predicted molar refractivity (Wildman–Crippen MR) is 342 cm³/mol. The summed E-state index contributed by atoms with van der Waals surface area (Å²) in [6.45, 7) is 34.0. The van der Waals surface area contributed by atoms with Crippen LogP contribution < -0.4 is 21.3 Å². The Balaban J connectivity index is 0.000000256. The zero-order chi connectivity index (χ0) is 61.4. The fourth-order valence-electron chi connectivity index (χ4n) is 9.70. The molecule has 85 heavy (non-hydrogen) atoms. The molecule has 4 aromatic rings. The molecular weight excluding hydrogens is 1120 g/mol. The molecule has 18 heteroatoms. The minimum Gasteiger partial charge on any atom is -0.459 e. The smallest absolute Gasteiger partial charge is 0.410 e. The number of carbonyl (C=O) groups is 5. The third kappa shape index (κ3) is 20.3. The van der Waals surface area contributed by atoms with Gasteiger partial charge in [0.1, 0.15) is 5.60 Å². The Morgan fingerprint density at radius 3 is 1.39 bits per heavy atom. The summed E-state index contributed by atoms with van der Waals surface area (Å²) in [6.07, 6.45) is 2.50. The second-order valence-electron chi connectivity index (χ2n) is 24.4. The van der Waals surface area contributed by atoms with Crippen molar-refractivity contribution >= 4 is 65.2 Å². The van der Waals surface area contributed by atoms with E-state index in [1.54, 1.807) is 53.1 Å². The lowest BCUT2D eigenvalue weighted by molar-refractivity contribution is -0.143. The molecule has 4 aromatic carbocycles. The van der Waals surface area contributed by atoms with E-state index in [9.17, 15) is 24.0 Å². The van der Waals surface area contributed by atoms with E-state index in [-0.39, 0.29) is 48.1 Å². The molecule has 2 saturated heterocycles. The lowest BCUT2D eigenvalue weighted by Crippen LogP contribution is -2.48. The highest BCUT2D eigenvalue weighted by molar-refractivity contribution is 6.17. The van der Waals surface area contributed by atoms with Crippen LogP contribution in [-0.4, -0.2) is 133 Å². The molecule has 16 nitrogen and oxygen atoms in total. The van der Waals surface area contributed by atoms with Gasteiger partial charge in [0, 0.05) is 124 Å². The first-order valence-electron chi connectivity index (χ1n) is 29.2. The summed E-state index contributed by atoms with van der Waals surface area (Å²) in [5.74, 6) is -0.948. The van der Waals surface area contributed by atoms with Gasteiger partial charge in [-0.2, -0.15) is 0 Å². The lowest BCUT2D eigenvalue weighted by Gasteiger charge is -2.31. The molecule has 0 atom stereocenters. The van der Waals surface area contributed by atoms with Gasteiger partial charge < -0.3 is 50.2 Å². The van der Waals surface area contributed by atoms with E-state index in [2.05, 4.69) is 59.9 Å². The Bertz CT molecular complexity index is 3050. The third-order valence-corrected chi connectivity index (χ3v) is 14.9. The average molecular weight is 1210 g/mol. The maximum atomic E-state index is 13.9.